The van der Waals surface area contributed by atoms with Crippen molar-refractivity contribution in [3.8, 4) is 0 Å². The van der Waals surface area contributed by atoms with Crippen molar-refractivity contribution in [1.82, 2.24) is 0 Å². The first-order chi connectivity index (χ1) is 17.3. The Morgan fingerprint density at radius 2 is 0.611 bits per heavy atom. The molecule has 0 aliphatic heterocycles. The summed E-state index contributed by atoms with van der Waals surface area (Å²) in [5, 5.41) is 0. The maximum absolute atomic E-state index is 12.1. The molecule has 10 heteroatoms. The summed E-state index contributed by atoms with van der Waals surface area (Å²) in [5.41, 5.74) is 13.3. The Balaban J connectivity index is 1.35. The van der Waals surface area contributed by atoms with E-state index in [0.29, 0.717) is 22.5 Å². The normalized spacial score (nSPS) is 10.2. The van der Waals surface area contributed by atoms with Gasteiger partial charge in [-0.1, -0.05) is 0 Å². The van der Waals surface area contributed by atoms with Gasteiger partial charge in [-0.25, -0.2) is 19.2 Å². The minimum Gasteiger partial charge on any atom is -0.458 e. The molecule has 186 valence electrons. The largest absolute Gasteiger partial charge is 0.458 e. The molecule has 0 heterocycles. The van der Waals surface area contributed by atoms with Crippen molar-refractivity contribution in [1.29, 1.82) is 0 Å². The molecule has 3 rings (SSSR count). The maximum Gasteiger partial charge on any atom is 0.338 e. The average Bonchev–Trinajstić information content (AvgIpc) is 2.89. The fourth-order valence-corrected chi connectivity index (χ4v) is 2.85. The highest BCUT2D eigenvalue weighted by atomic mass is 16.6. The number of ether oxygens (including phenoxy) is 4. The number of carbonyl (C=O) groups is 4. The Hall–Kier alpha value is -4.86. The third-order valence-electron chi connectivity index (χ3n) is 4.75. The first-order valence-corrected chi connectivity index (χ1v) is 10.8. The van der Waals surface area contributed by atoms with Gasteiger partial charge in [-0.2, -0.15) is 0 Å². The fraction of sp³-hybridized carbons (Fsp3) is 0.154. The van der Waals surface area contributed by atoms with Crippen LogP contribution in [0.3, 0.4) is 0 Å². The quantitative estimate of drug-likeness (QED) is 0.187. The van der Waals surface area contributed by atoms with Crippen molar-refractivity contribution in [2.45, 2.75) is 0 Å². The van der Waals surface area contributed by atoms with Crippen molar-refractivity contribution < 1.29 is 38.1 Å². The molecular formula is C26H24N2O8. The summed E-state index contributed by atoms with van der Waals surface area (Å²) in [6, 6.07) is 18.1. The van der Waals surface area contributed by atoms with Crippen molar-refractivity contribution in [2.24, 2.45) is 0 Å². The first-order valence-electron chi connectivity index (χ1n) is 10.8. The van der Waals surface area contributed by atoms with Crippen LogP contribution in [-0.2, 0) is 18.9 Å². The number of rotatable bonds is 10. The summed E-state index contributed by atoms with van der Waals surface area (Å²) in [7, 11) is 0. The Morgan fingerprint density at radius 3 is 0.833 bits per heavy atom. The van der Waals surface area contributed by atoms with E-state index in [9.17, 15) is 19.2 Å². The van der Waals surface area contributed by atoms with Crippen LogP contribution in [0.5, 0.6) is 0 Å². The summed E-state index contributed by atoms with van der Waals surface area (Å²) >= 11 is 0. The molecule has 0 amide bonds. The molecule has 0 aliphatic rings. The predicted molar refractivity (Wildman–Crippen MR) is 129 cm³/mol. The SMILES string of the molecule is Nc1ccc(C(=O)OCCOC(=O)c2ccc(C(=O)OCCOC(=O)c3ccc(N)cc3)cc2)cc1. The second kappa shape index (κ2) is 12.6. The lowest BCUT2D eigenvalue weighted by Gasteiger charge is -2.08. The molecule has 0 atom stereocenters. The Morgan fingerprint density at radius 1 is 0.417 bits per heavy atom. The van der Waals surface area contributed by atoms with Crippen molar-refractivity contribution in [3.05, 3.63) is 95.1 Å². The van der Waals surface area contributed by atoms with Gasteiger partial charge in [0.2, 0.25) is 0 Å². The lowest BCUT2D eigenvalue weighted by atomic mass is 10.1. The van der Waals surface area contributed by atoms with Crippen molar-refractivity contribution in [3.63, 3.8) is 0 Å². The zero-order valence-corrected chi connectivity index (χ0v) is 19.2. The van der Waals surface area contributed by atoms with Crippen LogP contribution in [0.4, 0.5) is 11.4 Å². The van der Waals surface area contributed by atoms with Crippen molar-refractivity contribution in [2.75, 3.05) is 37.9 Å². The van der Waals surface area contributed by atoms with Crippen LogP contribution < -0.4 is 11.5 Å². The molecule has 10 nitrogen and oxygen atoms in total. The molecule has 0 saturated heterocycles. The van der Waals surface area contributed by atoms with Gasteiger partial charge in [-0.15, -0.1) is 0 Å². The molecule has 0 radical (unpaired) electrons. The molecule has 0 unspecified atom stereocenters. The van der Waals surface area contributed by atoms with Gasteiger partial charge in [0.15, 0.2) is 0 Å². The third kappa shape index (κ3) is 7.59. The van der Waals surface area contributed by atoms with Crippen LogP contribution in [-0.4, -0.2) is 50.3 Å². The topological polar surface area (TPSA) is 157 Å². The highest BCUT2D eigenvalue weighted by Gasteiger charge is 2.13. The van der Waals surface area contributed by atoms with E-state index >= 15 is 0 Å². The number of carbonyl (C=O) groups excluding carboxylic acids is 4. The van der Waals surface area contributed by atoms with Crippen LogP contribution in [0.2, 0.25) is 0 Å². The lowest BCUT2D eigenvalue weighted by molar-refractivity contribution is 0.0263. The second-order valence-corrected chi connectivity index (χ2v) is 7.37. The van der Waals surface area contributed by atoms with E-state index < -0.39 is 23.9 Å². The molecule has 0 aromatic heterocycles. The molecule has 0 aliphatic carbocycles. The number of anilines is 2. The van der Waals surface area contributed by atoms with Gasteiger partial charge >= 0.3 is 23.9 Å². The summed E-state index contributed by atoms with van der Waals surface area (Å²) in [6.45, 7) is -0.526. The molecule has 0 fully saturated rings. The number of nitrogen functional groups attached to an aromatic ring is 2. The van der Waals surface area contributed by atoms with E-state index in [1.807, 2.05) is 0 Å². The van der Waals surface area contributed by atoms with Gasteiger partial charge in [0.25, 0.3) is 0 Å². The summed E-state index contributed by atoms with van der Waals surface area (Å²) in [6.07, 6.45) is 0. The van der Waals surface area contributed by atoms with Gasteiger partial charge in [0.05, 0.1) is 22.3 Å². The minimum atomic E-state index is -0.645. The highest BCUT2D eigenvalue weighted by Crippen LogP contribution is 2.10. The lowest BCUT2D eigenvalue weighted by Crippen LogP contribution is -2.15. The molecule has 4 N–H and O–H groups in total. The third-order valence-corrected chi connectivity index (χ3v) is 4.75. The zero-order valence-electron chi connectivity index (χ0n) is 19.2. The second-order valence-electron chi connectivity index (χ2n) is 7.37. The Labute approximate surface area is 206 Å². The first kappa shape index (κ1) is 25.8. The molecule has 3 aromatic carbocycles. The van der Waals surface area contributed by atoms with Gasteiger partial charge in [0, 0.05) is 11.4 Å². The van der Waals surface area contributed by atoms with Crippen LogP contribution in [0.1, 0.15) is 41.4 Å². The predicted octanol–water partition coefficient (Wildman–Crippen LogP) is 2.88. The maximum atomic E-state index is 12.1. The molecule has 0 spiro atoms. The van der Waals surface area contributed by atoms with Crippen LogP contribution in [0.25, 0.3) is 0 Å². The van der Waals surface area contributed by atoms with Gasteiger partial charge in [-0.05, 0) is 72.8 Å². The molecule has 36 heavy (non-hydrogen) atoms. The molecule has 0 saturated carbocycles. The number of nitrogens with two attached hydrogens (primary N) is 2. The zero-order chi connectivity index (χ0) is 25.9. The van der Waals surface area contributed by atoms with Gasteiger partial charge < -0.3 is 30.4 Å². The van der Waals surface area contributed by atoms with E-state index in [2.05, 4.69) is 0 Å². The van der Waals surface area contributed by atoms with E-state index in [4.69, 9.17) is 30.4 Å². The summed E-state index contributed by atoms with van der Waals surface area (Å²) < 4.78 is 20.2. The number of benzene rings is 3. The standard InChI is InChI=1S/C26H24N2O8/c27-21-9-5-19(6-10-21)25(31)35-15-13-33-23(29)17-1-2-18(4-3-17)24(30)34-14-16-36-26(32)20-7-11-22(28)12-8-20/h1-12H,13-16,27-28H2. The van der Waals surface area contributed by atoms with E-state index in [0.717, 1.165) is 0 Å². The summed E-state index contributed by atoms with van der Waals surface area (Å²) in [4.78, 5) is 48.1. The van der Waals surface area contributed by atoms with Gasteiger partial charge in [-0.3, -0.25) is 0 Å². The molecule has 0 bridgehead atoms. The number of esters is 4. The van der Waals surface area contributed by atoms with Crippen LogP contribution >= 0.6 is 0 Å². The molecular weight excluding hydrogens is 468 g/mol. The molecule has 3 aromatic rings. The van der Waals surface area contributed by atoms with E-state index in [-0.39, 0.29) is 37.6 Å². The smallest absolute Gasteiger partial charge is 0.338 e. The summed E-state index contributed by atoms with van der Waals surface area (Å²) in [5.74, 6) is -2.41. The number of hydrogen-bond donors (Lipinski definition) is 2. The van der Waals surface area contributed by atoms with Gasteiger partial charge in [0.1, 0.15) is 26.4 Å². The Bertz CT molecular complexity index is 1110. The van der Waals surface area contributed by atoms with Crippen LogP contribution in [0.15, 0.2) is 72.8 Å². The van der Waals surface area contributed by atoms with Crippen LogP contribution in [0, 0.1) is 0 Å². The minimum absolute atomic E-state index is 0.123. The fourth-order valence-electron chi connectivity index (χ4n) is 2.85. The van der Waals surface area contributed by atoms with Crippen molar-refractivity contribution >= 4 is 35.3 Å². The van der Waals surface area contributed by atoms with E-state index in [1.54, 1.807) is 24.3 Å². The monoisotopic (exact) mass is 492 g/mol. The van der Waals surface area contributed by atoms with E-state index in [1.165, 1.54) is 48.5 Å². The average molecular weight is 492 g/mol. The number of hydrogen-bond acceptors (Lipinski definition) is 10. The highest BCUT2D eigenvalue weighted by molar-refractivity contribution is 5.93. The Kier molecular flexibility index (Phi) is 8.99.